The van der Waals surface area contributed by atoms with Gasteiger partial charge >= 0.3 is 5.97 Å². The maximum atomic E-state index is 11.0. The third kappa shape index (κ3) is 2.03. The van der Waals surface area contributed by atoms with Crippen molar-refractivity contribution in [1.82, 2.24) is 4.98 Å². The summed E-state index contributed by atoms with van der Waals surface area (Å²) in [6, 6.07) is 3.51. The molecule has 0 aliphatic rings. The van der Waals surface area contributed by atoms with Crippen LogP contribution in [0.1, 0.15) is 17.4 Å². The number of aryl methyl sites for hydroxylation is 1. The molecule has 70 valence electrons. The van der Waals surface area contributed by atoms with Crippen LogP contribution >= 0.6 is 0 Å². The number of aromatic nitrogens is 1. The standard InChI is InChI=1S/C9H11NO3/c1-6-4-3-5-10-7(6)8(11)9(12)13-2/h3-5,8,11H,1-2H3. The molecule has 1 aromatic rings. The third-order valence-electron chi connectivity index (χ3n) is 1.73. The number of methoxy groups -OCH3 is 1. The predicted octanol–water partition coefficient (Wildman–Crippen LogP) is 0.596. The van der Waals surface area contributed by atoms with Gasteiger partial charge in [-0.25, -0.2) is 4.79 Å². The minimum atomic E-state index is -1.29. The third-order valence-corrected chi connectivity index (χ3v) is 1.73. The van der Waals surface area contributed by atoms with Gasteiger partial charge in [-0.05, 0) is 18.6 Å². The first-order valence-electron chi connectivity index (χ1n) is 3.84. The molecule has 1 heterocycles. The molecule has 0 spiro atoms. The number of carbonyl (C=O) groups is 1. The Morgan fingerprint density at radius 3 is 2.92 bits per heavy atom. The van der Waals surface area contributed by atoms with Gasteiger partial charge < -0.3 is 9.84 Å². The molecular weight excluding hydrogens is 170 g/mol. The van der Waals surface area contributed by atoms with Gasteiger partial charge in [-0.3, -0.25) is 4.98 Å². The molecule has 0 bridgehead atoms. The molecule has 13 heavy (non-hydrogen) atoms. The van der Waals surface area contributed by atoms with Crippen molar-refractivity contribution in [2.24, 2.45) is 0 Å². The second kappa shape index (κ2) is 4.00. The van der Waals surface area contributed by atoms with Gasteiger partial charge in [0.25, 0.3) is 0 Å². The summed E-state index contributed by atoms with van der Waals surface area (Å²) < 4.78 is 4.39. The molecule has 1 N–H and O–H groups in total. The molecule has 0 aliphatic carbocycles. The number of hydrogen-bond acceptors (Lipinski definition) is 4. The Kier molecular flexibility index (Phi) is 2.97. The van der Waals surface area contributed by atoms with Crippen LogP contribution in [0, 0.1) is 6.92 Å². The summed E-state index contributed by atoms with van der Waals surface area (Å²) in [7, 11) is 1.23. The van der Waals surface area contributed by atoms with Crippen molar-refractivity contribution >= 4 is 5.97 Å². The van der Waals surface area contributed by atoms with Crippen molar-refractivity contribution in [3.05, 3.63) is 29.6 Å². The van der Waals surface area contributed by atoms with Gasteiger partial charge in [-0.15, -0.1) is 0 Å². The second-order valence-electron chi connectivity index (χ2n) is 2.63. The van der Waals surface area contributed by atoms with E-state index in [1.807, 2.05) is 0 Å². The molecule has 0 radical (unpaired) electrons. The second-order valence-corrected chi connectivity index (χ2v) is 2.63. The number of nitrogens with zero attached hydrogens (tertiary/aromatic N) is 1. The van der Waals surface area contributed by atoms with Gasteiger partial charge in [0.1, 0.15) is 0 Å². The Morgan fingerprint density at radius 2 is 2.38 bits per heavy atom. The van der Waals surface area contributed by atoms with Crippen LogP contribution in [0.25, 0.3) is 0 Å². The van der Waals surface area contributed by atoms with E-state index in [1.54, 1.807) is 19.1 Å². The van der Waals surface area contributed by atoms with E-state index in [0.717, 1.165) is 5.56 Å². The topological polar surface area (TPSA) is 59.4 Å². The number of aliphatic hydroxyl groups excluding tert-OH is 1. The molecule has 1 rings (SSSR count). The summed E-state index contributed by atoms with van der Waals surface area (Å²) in [5.74, 6) is -0.693. The van der Waals surface area contributed by atoms with Crippen molar-refractivity contribution in [1.29, 1.82) is 0 Å². The zero-order chi connectivity index (χ0) is 9.84. The molecule has 0 aliphatic heterocycles. The Balaban J connectivity index is 2.95. The fourth-order valence-corrected chi connectivity index (χ4v) is 1.01. The Morgan fingerprint density at radius 1 is 1.69 bits per heavy atom. The fourth-order valence-electron chi connectivity index (χ4n) is 1.01. The Bertz CT molecular complexity index is 311. The van der Waals surface area contributed by atoms with E-state index in [-0.39, 0.29) is 0 Å². The molecule has 0 fully saturated rings. The van der Waals surface area contributed by atoms with Gasteiger partial charge in [0.15, 0.2) is 6.10 Å². The minimum Gasteiger partial charge on any atom is -0.467 e. The lowest BCUT2D eigenvalue weighted by Crippen LogP contribution is -2.15. The number of carbonyl (C=O) groups excluding carboxylic acids is 1. The van der Waals surface area contributed by atoms with Crippen LogP contribution in [0.2, 0.25) is 0 Å². The maximum Gasteiger partial charge on any atom is 0.341 e. The van der Waals surface area contributed by atoms with Crippen LogP contribution in [0.3, 0.4) is 0 Å². The van der Waals surface area contributed by atoms with E-state index < -0.39 is 12.1 Å². The Labute approximate surface area is 76.2 Å². The van der Waals surface area contributed by atoms with Crippen molar-refractivity contribution < 1.29 is 14.6 Å². The van der Waals surface area contributed by atoms with E-state index in [2.05, 4.69) is 9.72 Å². The number of aliphatic hydroxyl groups is 1. The predicted molar refractivity (Wildman–Crippen MR) is 45.9 cm³/mol. The van der Waals surface area contributed by atoms with Crippen molar-refractivity contribution in [3.63, 3.8) is 0 Å². The smallest absolute Gasteiger partial charge is 0.341 e. The van der Waals surface area contributed by atoms with Gasteiger partial charge in [0, 0.05) is 6.20 Å². The Hall–Kier alpha value is -1.42. The molecule has 4 nitrogen and oxygen atoms in total. The highest BCUT2D eigenvalue weighted by atomic mass is 16.5. The van der Waals surface area contributed by atoms with Crippen LogP contribution < -0.4 is 0 Å². The first-order chi connectivity index (χ1) is 6.16. The average Bonchev–Trinajstić information content (AvgIpc) is 2.16. The minimum absolute atomic E-state index is 0.342. The lowest BCUT2D eigenvalue weighted by molar-refractivity contribution is -0.151. The first-order valence-corrected chi connectivity index (χ1v) is 3.84. The van der Waals surface area contributed by atoms with Gasteiger partial charge in [0.2, 0.25) is 0 Å². The molecule has 1 aromatic heterocycles. The normalized spacial score (nSPS) is 12.2. The largest absolute Gasteiger partial charge is 0.467 e. The molecule has 0 amide bonds. The zero-order valence-electron chi connectivity index (χ0n) is 7.52. The van der Waals surface area contributed by atoms with Crippen LogP contribution in [0.4, 0.5) is 0 Å². The molecule has 0 saturated carbocycles. The monoisotopic (exact) mass is 181 g/mol. The van der Waals surface area contributed by atoms with Gasteiger partial charge in [0.05, 0.1) is 12.8 Å². The molecule has 0 aromatic carbocycles. The number of ether oxygens (including phenoxy) is 1. The van der Waals surface area contributed by atoms with Crippen LogP contribution in [-0.2, 0) is 9.53 Å². The number of pyridine rings is 1. The SMILES string of the molecule is COC(=O)C(O)c1ncccc1C. The first kappa shape index (κ1) is 9.67. The van der Waals surface area contributed by atoms with Crippen molar-refractivity contribution in [2.75, 3.05) is 7.11 Å². The van der Waals surface area contributed by atoms with Crippen LogP contribution in [0.15, 0.2) is 18.3 Å². The summed E-state index contributed by atoms with van der Waals surface area (Å²) in [5.41, 5.74) is 1.11. The highest BCUT2D eigenvalue weighted by Gasteiger charge is 2.20. The highest BCUT2D eigenvalue weighted by Crippen LogP contribution is 2.14. The summed E-state index contributed by atoms with van der Waals surface area (Å²) >= 11 is 0. The summed E-state index contributed by atoms with van der Waals surface area (Å²) in [6.07, 6.45) is 0.236. The van der Waals surface area contributed by atoms with E-state index in [0.29, 0.717) is 5.69 Å². The lowest BCUT2D eigenvalue weighted by atomic mass is 10.1. The fraction of sp³-hybridized carbons (Fsp3) is 0.333. The van der Waals surface area contributed by atoms with Gasteiger partial charge in [-0.2, -0.15) is 0 Å². The van der Waals surface area contributed by atoms with Crippen molar-refractivity contribution in [2.45, 2.75) is 13.0 Å². The molecule has 4 heteroatoms. The number of esters is 1. The van der Waals surface area contributed by atoms with E-state index in [4.69, 9.17) is 0 Å². The molecule has 0 saturated heterocycles. The number of rotatable bonds is 2. The summed E-state index contributed by atoms with van der Waals surface area (Å²) in [4.78, 5) is 14.8. The molecular formula is C9H11NO3. The molecule has 1 unspecified atom stereocenters. The molecule has 1 atom stereocenters. The lowest BCUT2D eigenvalue weighted by Gasteiger charge is -2.09. The quantitative estimate of drug-likeness (QED) is 0.678. The van der Waals surface area contributed by atoms with E-state index in [1.165, 1.54) is 13.3 Å². The zero-order valence-corrected chi connectivity index (χ0v) is 7.52. The van der Waals surface area contributed by atoms with E-state index in [9.17, 15) is 9.90 Å². The highest BCUT2D eigenvalue weighted by molar-refractivity contribution is 5.75. The van der Waals surface area contributed by atoms with E-state index >= 15 is 0 Å². The van der Waals surface area contributed by atoms with Crippen molar-refractivity contribution in [3.8, 4) is 0 Å². The van der Waals surface area contributed by atoms with Gasteiger partial charge in [-0.1, -0.05) is 6.07 Å². The van der Waals surface area contributed by atoms with Crippen LogP contribution in [0.5, 0.6) is 0 Å². The number of hydrogen-bond donors (Lipinski definition) is 1. The maximum absolute atomic E-state index is 11.0. The summed E-state index contributed by atoms with van der Waals surface area (Å²) in [6.45, 7) is 1.77. The van der Waals surface area contributed by atoms with Crippen LogP contribution in [-0.4, -0.2) is 23.2 Å². The summed E-state index contributed by atoms with van der Waals surface area (Å²) in [5, 5.41) is 9.43. The average molecular weight is 181 g/mol.